The predicted molar refractivity (Wildman–Crippen MR) is 52.9 cm³/mol. The Hall–Kier alpha value is -0.120. The first-order chi connectivity index (χ1) is 5.13. The van der Waals surface area contributed by atoms with Crippen molar-refractivity contribution < 1.29 is 4.39 Å². The molecule has 0 aliphatic rings. The van der Waals surface area contributed by atoms with E-state index in [9.17, 15) is 4.39 Å². The van der Waals surface area contributed by atoms with Gasteiger partial charge in [0.2, 0.25) is 0 Å². The quantitative estimate of drug-likeness (QED) is 0.681. The summed E-state index contributed by atoms with van der Waals surface area (Å²) in [6, 6.07) is 5.37. The lowest BCUT2D eigenvalue weighted by atomic mass is 10.0. The number of rotatable bonds is 1. The minimum Gasteiger partial charge on any atom is -0.206 e. The third-order valence-corrected chi connectivity index (χ3v) is 2.35. The van der Waals surface area contributed by atoms with E-state index in [1.807, 2.05) is 35.6 Å². The predicted octanol–water partition coefficient (Wildman–Crippen LogP) is 3.37. The summed E-state index contributed by atoms with van der Waals surface area (Å²) >= 11 is 1.98. The Morgan fingerprint density at radius 1 is 1.55 bits per heavy atom. The molecule has 0 spiro atoms. The van der Waals surface area contributed by atoms with Crippen LogP contribution in [0.3, 0.4) is 0 Å². The lowest BCUT2D eigenvalue weighted by molar-refractivity contribution is 0.597. The molecule has 0 fully saturated rings. The third-order valence-electron chi connectivity index (χ3n) is 1.51. The van der Waals surface area contributed by atoms with Crippen molar-refractivity contribution in [3.8, 4) is 0 Å². The van der Waals surface area contributed by atoms with Gasteiger partial charge < -0.3 is 0 Å². The molecule has 1 atom stereocenters. The molecule has 59 valence electrons. The van der Waals surface area contributed by atoms with Gasteiger partial charge in [-0.15, -0.1) is 0 Å². The number of benzene rings is 1. The molecule has 2 heteroatoms. The van der Waals surface area contributed by atoms with Crippen molar-refractivity contribution in [3.05, 3.63) is 40.1 Å². The van der Waals surface area contributed by atoms with Crippen LogP contribution in [0.5, 0.6) is 0 Å². The molecule has 0 nitrogen and oxygen atoms in total. The molecule has 1 aromatic rings. The Balaban J connectivity index is 3.17. The lowest BCUT2D eigenvalue weighted by Gasteiger charge is -2.06. The third kappa shape index (κ3) is 1.92. The Bertz CT molecular complexity index is 256. The maximum atomic E-state index is 13.2. The van der Waals surface area contributed by atoms with Crippen molar-refractivity contribution in [2.45, 2.75) is 12.8 Å². The Labute approximate surface area is 80.0 Å². The van der Waals surface area contributed by atoms with Crippen LogP contribution in [-0.4, -0.2) is 0 Å². The molecule has 0 saturated carbocycles. The van der Waals surface area contributed by atoms with Crippen LogP contribution in [0, 0.1) is 16.3 Å². The molecule has 1 rings (SSSR count). The molecule has 0 aliphatic heterocycles. The van der Waals surface area contributed by atoms with E-state index < -0.39 is 0 Å². The molecule has 1 aromatic carbocycles. The molecular weight excluding hydrogens is 254 g/mol. The summed E-state index contributed by atoms with van der Waals surface area (Å²) < 4.78 is 13.9. The minimum absolute atomic E-state index is 0.0183. The average Bonchev–Trinajstić information content (AvgIpc) is 1.94. The van der Waals surface area contributed by atoms with Crippen LogP contribution in [0.4, 0.5) is 4.39 Å². The maximum Gasteiger partial charge on any atom is 0.139 e. The van der Waals surface area contributed by atoms with Gasteiger partial charge in [0, 0.05) is 3.57 Å². The van der Waals surface area contributed by atoms with Gasteiger partial charge in [-0.05, 0) is 47.1 Å². The molecule has 0 heterocycles. The Kier molecular flexibility index (Phi) is 2.87. The maximum absolute atomic E-state index is 13.2. The zero-order valence-corrected chi connectivity index (χ0v) is 8.43. The largest absolute Gasteiger partial charge is 0.206 e. The molecule has 0 N–H and O–H groups in total. The highest BCUT2D eigenvalue weighted by Gasteiger charge is 2.07. The smallest absolute Gasteiger partial charge is 0.139 e. The lowest BCUT2D eigenvalue weighted by Crippen LogP contribution is -1.94. The van der Waals surface area contributed by atoms with Crippen LogP contribution in [-0.2, 0) is 0 Å². The molecule has 1 unspecified atom stereocenters. The molecule has 0 aromatic heterocycles. The van der Waals surface area contributed by atoms with Gasteiger partial charge >= 0.3 is 0 Å². The Morgan fingerprint density at radius 2 is 2.18 bits per heavy atom. The van der Waals surface area contributed by atoms with Crippen LogP contribution >= 0.6 is 22.6 Å². The van der Waals surface area contributed by atoms with Gasteiger partial charge in [-0.2, -0.15) is 0 Å². The molecule has 0 aliphatic carbocycles. The van der Waals surface area contributed by atoms with E-state index in [0.717, 1.165) is 0 Å². The van der Waals surface area contributed by atoms with Crippen molar-refractivity contribution >= 4 is 22.6 Å². The van der Waals surface area contributed by atoms with Crippen LogP contribution in [0.25, 0.3) is 0 Å². The summed E-state index contributed by atoms with van der Waals surface area (Å²) in [7, 11) is 0. The van der Waals surface area contributed by atoms with Crippen molar-refractivity contribution in [3.63, 3.8) is 0 Å². The molecule has 1 radical (unpaired) electrons. The fourth-order valence-electron chi connectivity index (χ4n) is 0.901. The van der Waals surface area contributed by atoms with Crippen LogP contribution in [0.1, 0.15) is 18.4 Å². The summed E-state index contributed by atoms with van der Waals surface area (Å²) in [5.74, 6) is -0.111. The first-order valence-electron chi connectivity index (χ1n) is 3.40. The molecule has 0 bridgehead atoms. The van der Waals surface area contributed by atoms with Gasteiger partial charge in [-0.1, -0.05) is 19.1 Å². The highest BCUT2D eigenvalue weighted by atomic mass is 127. The standard InChI is InChI=1S/C9H9FI/c1-6(2)7-4-3-5-8(11)9(7)10/h3-6H,1H2,2H3. The van der Waals surface area contributed by atoms with Crippen molar-refractivity contribution in [1.29, 1.82) is 0 Å². The summed E-state index contributed by atoms with van der Waals surface area (Å²) in [6.07, 6.45) is 0. The topological polar surface area (TPSA) is 0 Å². The van der Waals surface area contributed by atoms with E-state index in [0.29, 0.717) is 9.13 Å². The SMILES string of the molecule is [CH2]C(C)c1cccc(I)c1F. The van der Waals surface area contributed by atoms with Crippen molar-refractivity contribution in [2.24, 2.45) is 0 Å². The fourth-order valence-corrected chi connectivity index (χ4v) is 1.42. The van der Waals surface area contributed by atoms with Crippen molar-refractivity contribution in [2.75, 3.05) is 0 Å². The molecule has 0 saturated heterocycles. The van der Waals surface area contributed by atoms with E-state index in [1.165, 1.54) is 0 Å². The zero-order chi connectivity index (χ0) is 8.43. The van der Waals surface area contributed by atoms with Gasteiger partial charge in [0.05, 0.1) is 0 Å². The number of hydrogen-bond donors (Lipinski definition) is 0. The summed E-state index contributed by atoms with van der Waals surface area (Å²) in [6.45, 7) is 5.65. The second kappa shape index (κ2) is 3.52. The van der Waals surface area contributed by atoms with Crippen molar-refractivity contribution in [1.82, 2.24) is 0 Å². The fraction of sp³-hybridized carbons (Fsp3) is 0.222. The van der Waals surface area contributed by atoms with E-state index in [2.05, 4.69) is 6.92 Å². The van der Waals surface area contributed by atoms with E-state index >= 15 is 0 Å². The van der Waals surface area contributed by atoms with E-state index in [-0.39, 0.29) is 11.7 Å². The van der Waals surface area contributed by atoms with E-state index in [4.69, 9.17) is 0 Å². The summed E-state index contributed by atoms with van der Waals surface area (Å²) in [5.41, 5.74) is 0.692. The summed E-state index contributed by atoms with van der Waals surface area (Å²) in [5, 5.41) is 0. The van der Waals surface area contributed by atoms with Gasteiger partial charge in [0.1, 0.15) is 5.82 Å². The highest BCUT2D eigenvalue weighted by molar-refractivity contribution is 14.1. The van der Waals surface area contributed by atoms with Crippen LogP contribution < -0.4 is 0 Å². The molecular formula is C9H9FI. The van der Waals surface area contributed by atoms with Crippen LogP contribution in [0.2, 0.25) is 0 Å². The van der Waals surface area contributed by atoms with Gasteiger partial charge in [0.25, 0.3) is 0 Å². The second-order valence-electron chi connectivity index (χ2n) is 2.54. The average molecular weight is 263 g/mol. The molecule has 11 heavy (non-hydrogen) atoms. The first kappa shape index (κ1) is 8.97. The Morgan fingerprint density at radius 3 is 2.64 bits per heavy atom. The van der Waals surface area contributed by atoms with Crippen LogP contribution in [0.15, 0.2) is 18.2 Å². The van der Waals surface area contributed by atoms with Gasteiger partial charge in [0.15, 0.2) is 0 Å². The normalized spacial score (nSPS) is 10.6. The summed E-state index contributed by atoms with van der Waals surface area (Å²) in [4.78, 5) is 0. The second-order valence-corrected chi connectivity index (χ2v) is 3.71. The minimum atomic E-state index is -0.129. The first-order valence-corrected chi connectivity index (χ1v) is 4.48. The highest BCUT2D eigenvalue weighted by Crippen LogP contribution is 2.21. The van der Waals surface area contributed by atoms with Gasteiger partial charge in [-0.3, -0.25) is 0 Å². The van der Waals surface area contributed by atoms with Gasteiger partial charge in [-0.25, -0.2) is 4.39 Å². The molecule has 0 amide bonds. The van der Waals surface area contributed by atoms with E-state index in [1.54, 1.807) is 12.1 Å². The number of halogens is 2. The zero-order valence-electron chi connectivity index (χ0n) is 6.27. The number of hydrogen-bond acceptors (Lipinski definition) is 0. The monoisotopic (exact) mass is 263 g/mol.